The number of fused-ring (bicyclic) bond motifs is 3. The minimum atomic E-state index is -2.80. The average molecular weight is 217 g/mol. The van der Waals surface area contributed by atoms with Crippen LogP contribution in [0.3, 0.4) is 0 Å². The zero-order valence-corrected chi connectivity index (χ0v) is 8.66. The van der Waals surface area contributed by atoms with Crippen molar-refractivity contribution in [2.45, 2.75) is 9.79 Å². The summed E-state index contributed by atoms with van der Waals surface area (Å²) in [5.74, 6) is 0. The largest absolute Gasteiger partial charge is 0.290 e. The van der Waals surface area contributed by atoms with Crippen molar-refractivity contribution in [2.24, 2.45) is 0 Å². The van der Waals surface area contributed by atoms with Crippen molar-refractivity contribution in [3.05, 3.63) is 48.5 Å². The second-order valence-electron chi connectivity index (χ2n) is 3.45. The molecule has 2 N–H and O–H groups in total. The van der Waals surface area contributed by atoms with Gasteiger partial charge in [-0.25, -0.2) is 0 Å². The lowest BCUT2D eigenvalue weighted by Crippen LogP contribution is -1.93. The quantitative estimate of drug-likeness (QED) is 0.707. The van der Waals surface area contributed by atoms with E-state index in [0.29, 0.717) is 9.79 Å². The van der Waals surface area contributed by atoms with Crippen LogP contribution in [-0.4, -0.2) is 9.11 Å². The van der Waals surface area contributed by atoms with Crippen molar-refractivity contribution < 1.29 is 9.11 Å². The summed E-state index contributed by atoms with van der Waals surface area (Å²) in [4.78, 5) is 1.20. The van der Waals surface area contributed by atoms with Crippen molar-refractivity contribution in [2.75, 3.05) is 0 Å². The van der Waals surface area contributed by atoms with Crippen LogP contribution >= 0.6 is 10.6 Å². The molecule has 3 rings (SSSR count). The Morgan fingerprint density at radius 2 is 1.67 bits per heavy atom. The first-order chi connectivity index (χ1) is 7.21. The van der Waals surface area contributed by atoms with Crippen LogP contribution in [0.15, 0.2) is 52.3 Å². The summed E-state index contributed by atoms with van der Waals surface area (Å²) >= 11 is 0. The molecule has 0 atom stereocenters. The van der Waals surface area contributed by atoms with Gasteiger partial charge in [0, 0.05) is 11.1 Å². The molecule has 1 aliphatic rings. The van der Waals surface area contributed by atoms with Gasteiger partial charge in [-0.1, -0.05) is 30.3 Å². The molecule has 0 amide bonds. The maximum atomic E-state index is 10.1. The highest BCUT2D eigenvalue weighted by Gasteiger charge is 2.32. The van der Waals surface area contributed by atoms with Crippen LogP contribution in [0, 0.1) is 6.07 Å². The third-order valence-corrected chi connectivity index (χ3v) is 4.51. The molecule has 1 radical (unpaired) electrons. The monoisotopic (exact) mass is 217 g/mol. The van der Waals surface area contributed by atoms with Crippen molar-refractivity contribution in [3.8, 4) is 11.1 Å². The summed E-state index contributed by atoms with van der Waals surface area (Å²) in [5.41, 5.74) is 1.70. The topological polar surface area (TPSA) is 40.5 Å². The highest BCUT2D eigenvalue weighted by molar-refractivity contribution is 8.24. The number of hydrogen-bond acceptors (Lipinski definition) is 2. The Labute approximate surface area is 89.5 Å². The van der Waals surface area contributed by atoms with Gasteiger partial charge >= 0.3 is 0 Å². The molecule has 3 heteroatoms. The molecular formula is C12H9O2S. The fourth-order valence-corrected chi connectivity index (χ4v) is 3.61. The molecule has 2 aromatic rings. The van der Waals surface area contributed by atoms with Gasteiger partial charge in [0.15, 0.2) is 0 Å². The van der Waals surface area contributed by atoms with Crippen LogP contribution < -0.4 is 0 Å². The molecule has 75 valence electrons. The summed E-state index contributed by atoms with van der Waals surface area (Å²) in [6, 6.07) is 15.7. The highest BCUT2D eigenvalue weighted by Crippen LogP contribution is 2.66. The van der Waals surface area contributed by atoms with E-state index >= 15 is 0 Å². The van der Waals surface area contributed by atoms with Gasteiger partial charge < -0.3 is 0 Å². The molecule has 0 saturated heterocycles. The van der Waals surface area contributed by atoms with Gasteiger partial charge in [0.1, 0.15) is 0 Å². The maximum Gasteiger partial charge on any atom is 0.0722 e. The molecule has 0 bridgehead atoms. The first kappa shape index (κ1) is 8.97. The Morgan fingerprint density at radius 3 is 2.53 bits per heavy atom. The van der Waals surface area contributed by atoms with Crippen molar-refractivity contribution in [1.29, 1.82) is 0 Å². The van der Waals surface area contributed by atoms with Crippen LogP contribution in [-0.2, 0) is 0 Å². The SMILES string of the molecule is OS1(O)c2ccc[c]c2-c2ccccc21. The number of benzene rings is 2. The van der Waals surface area contributed by atoms with Gasteiger partial charge in [0.05, 0.1) is 9.79 Å². The Bertz CT molecular complexity index is 487. The molecule has 0 fully saturated rings. The van der Waals surface area contributed by atoms with E-state index in [1.54, 1.807) is 24.3 Å². The highest BCUT2D eigenvalue weighted by atomic mass is 32.3. The number of rotatable bonds is 0. The van der Waals surface area contributed by atoms with Gasteiger partial charge in [-0.3, -0.25) is 9.11 Å². The molecule has 1 heterocycles. The predicted molar refractivity (Wildman–Crippen MR) is 60.1 cm³/mol. The molecule has 1 aliphatic heterocycles. The molecule has 2 nitrogen and oxygen atoms in total. The van der Waals surface area contributed by atoms with E-state index in [0.717, 1.165) is 11.1 Å². The molecule has 2 aromatic carbocycles. The maximum absolute atomic E-state index is 10.1. The first-order valence-corrected chi connectivity index (χ1v) is 6.14. The van der Waals surface area contributed by atoms with Crippen LogP contribution in [0.2, 0.25) is 0 Å². The van der Waals surface area contributed by atoms with Crippen molar-refractivity contribution >= 4 is 10.6 Å². The Morgan fingerprint density at radius 1 is 0.933 bits per heavy atom. The van der Waals surface area contributed by atoms with Gasteiger partial charge in [-0.05, 0) is 18.2 Å². The van der Waals surface area contributed by atoms with Gasteiger partial charge in [-0.15, -0.1) is 10.6 Å². The molecule has 0 unspecified atom stereocenters. The second kappa shape index (κ2) is 2.85. The van der Waals surface area contributed by atoms with Crippen LogP contribution in [0.4, 0.5) is 0 Å². The average Bonchev–Trinajstić information content (AvgIpc) is 2.51. The van der Waals surface area contributed by atoms with Crippen LogP contribution in [0.25, 0.3) is 11.1 Å². The van der Waals surface area contributed by atoms with Crippen LogP contribution in [0.1, 0.15) is 0 Å². The van der Waals surface area contributed by atoms with E-state index in [2.05, 4.69) is 6.07 Å². The second-order valence-corrected chi connectivity index (χ2v) is 5.43. The van der Waals surface area contributed by atoms with Crippen molar-refractivity contribution in [3.63, 3.8) is 0 Å². The normalized spacial score (nSPS) is 18.0. The Kier molecular flexibility index (Phi) is 1.71. The Hall–Kier alpha value is -1.29. The van der Waals surface area contributed by atoms with E-state index in [1.807, 2.05) is 18.2 Å². The fraction of sp³-hybridized carbons (Fsp3) is 0. The van der Waals surface area contributed by atoms with E-state index < -0.39 is 10.6 Å². The summed E-state index contributed by atoms with van der Waals surface area (Å²) in [7, 11) is -2.80. The van der Waals surface area contributed by atoms with E-state index in [1.165, 1.54) is 0 Å². The van der Waals surface area contributed by atoms with Crippen molar-refractivity contribution in [1.82, 2.24) is 0 Å². The van der Waals surface area contributed by atoms with E-state index in [9.17, 15) is 9.11 Å². The van der Waals surface area contributed by atoms with E-state index in [4.69, 9.17) is 0 Å². The van der Waals surface area contributed by atoms with E-state index in [-0.39, 0.29) is 0 Å². The third-order valence-electron chi connectivity index (χ3n) is 2.59. The minimum absolute atomic E-state index is 0.589. The molecule has 0 spiro atoms. The van der Waals surface area contributed by atoms with Crippen LogP contribution in [0.5, 0.6) is 0 Å². The zero-order chi connectivity index (χ0) is 10.5. The molecule has 0 aliphatic carbocycles. The van der Waals surface area contributed by atoms with Gasteiger partial charge in [0.25, 0.3) is 0 Å². The zero-order valence-electron chi connectivity index (χ0n) is 7.84. The lowest BCUT2D eigenvalue weighted by atomic mass is 10.1. The summed E-state index contributed by atoms with van der Waals surface area (Å²) in [5, 5.41) is 0. The Balaban J connectivity index is 2.42. The first-order valence-electron chi connectivity index (χ1n) is 4.59. The molecular weight excluding hydrogens is 208 g/mol. The predicted octanol–water partition coefficient (Wildman–Crippen LogP) is 3.64. The van der Waals surface area contributed by atoms with Gasteiger partial charge in [-0.2, -0.15) is 0 Å². The lowest BCUT2D eigenvalue weighted by Gasteiger charge is -2.28. The summed E-state index contributed by atoms with van der Waals surface area (Å²) < 4.78 is 20.2. The summed E-state index contributed by atoms with van der Waals surface area (Å²) in [6.07, 6.45) is 0. The smallest absolute Gasteiger partial charge is 0.0722 e. The lowest BCUT2D eigenvalue weighted by molar-refractivity contribution is 0.490. The third kappa shape index (κ3) is 1.08. The van der Waals surface area contributed by atoms with Gasteiger partial charge in [0.2, 0.25) is 0 Å². The standard InChI is InChI=1S/C12H9O2S/c13-15(14)11-7-3-1-5-9(11)10-6-2-4-8-12(10)15/h1-5,7-8,13-14H. The number of hydrogen-bond donors (Lipinski definition) is 2. The summed E-state index contributed by atoms with van der Waals surface area (Å²) in [6.45, 7) is 0. The molecule has 15 heavy (non-hydrogen) atoms. The molecule has 0 aromatic heterocycles. The fourth-order valence-electron chi connectivity index (χ4n) is 1.91. The minimum Gasteiger partial charge on any atom is -0.290 e. The molecule has 0 saturated carbocycles.